The van der Waals surface area contributed by atoms with Crippen molar-refractivity contribution in [3.63, 3.8) is 0 Å². The topological polar surface area (TPSA) is 90.8 Å². The summed E-state index contributed by atoms with van der Waals surface area (Å²) in [6.07, 6.45) is 2.94. The number of carbonyl (C=O) groups is 1. The van der Waals surface area contributed by atoms with E-state index in [1.807, 2.05) is 0 Å². The second-order valence-corrected chi connectivity index (χ2v) is 10.6. The molecule has 33 heavy (non-hydrogen) atoms. The van der Waals surface area contributed by atoms with Gasteiger partial charge in [-0.2, -0.15) is 4.68 Å². The number of nitrogens with zero attached hydrogens (tertiary/aromatic N) is 5. The number of halogens is 1. The largest absolute Gasteiger partial charge is 0.371 e. The summed E-state index contributed by atoms with van der Waals surface area (Å²) in [6, 6.07) is 7.64. The van der Waals surface area contributed by atoms with E-state index in [4.69, 9.17) is 0 Å². The van der Waals surface area contributed by atoms with Gasteiger partial charge in [0.2, 0.25) is 10.0 Å². The van der Waals surface area contributed by atoms with E-state index in [1.54, 1.807) is 4.90 Å². The molecule has 180 valence electrons. The molecule has 0 unspecified atom stereocenters. The molecule has 0 radical (unpaired) electrons. The molecule has 2 saturated heterocycles. The summed E-state index contributed by atoms with van der Waals surface area (Å²) in [7, 11) is -3.45. The minimum Gasteiger partial charge on any atom is -0.371 e. The molecule has 1 aromatic heterocycles. The van der Waals surface area contributed by atoms with Crippen LogP contribution >= 0.6 is 0 Å². The lowest BCUT2D eigenvalue weighted by Gasteiger charge is -2.36. The summed E-state index contributed by atoms with van der Waals surface area (Å²) >= 11 is 0. The monoisotopic (exact) mass is 478 g/mol. The number of alkyl halides is 1. The molecule has 2 aliphatic heterocycles. The fraction of sp³-hybridized carbons (Fsp3) is 0.545. The number of benzene rings is 1. The first-order valence-electron chi connectivity index (χ1n) is 11.2. The highest BCUT2D eigenvalue weighted by molar-refractivity contribution is 7.92. The Balaban J connectivity index is 1.36. The van der Waals surface area contributed by atoms with Crippen LogP contribution in [0.4, 0.5) is 20.7 Å². The number of anilines is 2. The van der Waals surface area contributed by atoms with Gasteiger partial charge < -0.3 is 9.80 Å². The highest BCUT2D eigenvalue weighted by atomic mass is 32.2. The van der Waals surface area contributed by atoms with Crippen molar-refractivity contribution in [3.8, 4) is 0 Å². The number of hydrogen-bond acceptors (Lipinski definition) is 6. The maximum absolute atomic E-state index is 13.6. The highest BCUT2D eigenvalue weighted by Gasteiger charge is 2.25. The molecule has 1 aromatic carbocycles. The zero-order chi connectivity index (χ0) is 23.6. The average Bonchev–Trinajstić information content (AvgIpc) is 3.22. The van der Waals surface area contributed by atoms with Gasteiger partial charge in [0.05, 0.1) is 6.26 Å². The molecule has 0 bridgehead atoms. The Labute approximate surface area is 194 Å². The Morgan fingerprint density at radius 2 is 1.82 bits per heavy atom. The fourth-order valence-electron chi connectivity index (χ4n) is 4.35. The van der Waals surface area contributed by atoms with Crippen LogP contribution in [-0.4, -0.2) is 85.7 Å². The van der Waals surface area contributed by atoms with Crippen LogP contribution in [0.1, 0.15) is 24.0 Å². The lowest BCUT2D eigenvalue weighted by Crippen LogP contribution is -2.49. The van der Waals surface area contributed by atoms with E-state index in [0.717, 1.165) is 43.7 Å². The van der Waals surface area contributed by atoms with Crippen molar-refractivity contribution in [1.29, 1.82) is 0 Å². The van der Waals surface area contributed by atoms with Gasteiger partial charge in [0, 0.05) is 63.8 Å². The molecule has 2 aliphatic rings. The number of hydrogen-bond donors (Lipinski definition) is 1. The van der Waals surface area contributed by atoms with Gasteiger partial charge in [-0.15, -0.1) is 5.10 Å². The first-order valence-corrected chi connectivity index (χ1v) is 13.1. The van der Waals surface area contributed by atoms with Gasteiger partial charge in [0.25, 0.3) is 0 Å². The Hall–Kier alpha value is -2.66. The molecule has 2 aromatic rings. The van der Waals surface area contributed by atoms with E-state index in [2.05, 4.69) is 44.7 Å². The summed E-state index contributed by atoms with van der Waals surface area (Å²) in [5.41, 5.74) is 3.60. The number of aromatic nitrogens is 2. The molecule has 11 heteroatoms. The lowest BCUT2D eigenvalue weighted by molar-refractivity contribution is 0.134. The Morgan fingerprint density at radius 3 is 2.48 bits per heavy atom. The van der Waals surface area contributed by atoms with Gasteiger partial charge in [-0.1, -0.05) is 12.1 Å². The highest BCUT2D eigenvalue weighted by Crippen LogP contribution is 2.28. The van der Waals surface area contributed by atoms with Gasteiger partial charge in [-0.3, -0.25) is 9.62 Å². The molecule has 4 rings (SSSR count). The van der Waals surface area contributed by atoms with Crippen LogP contribution in [0.2, 0.25) is 0 Å². The van der Waals surface area contributed by atoms with Crippen LogP contribution in [0.5, 0.6) is 0 Å². The van der Waals surface area contributed by atoms with Crippen molar-refractivity contribution >= 4 is 27.6 Å². The van der Waals surface area contributed by atoms with Crippen molar-refractivity contribution < 1.29 is 17.6 Å². The molecule has 2 fully saturated rings. The third-order valence-corrected chi connectivity index (χ3v) is 6.70. The van der Waals surface area contributed by atoms with E-state index in [1.165, 1.54) is 29.1 Å². The van der Waals surface area contributed by atoms with Crippen LogP contribution < -0.4 is 9.62 Å². The van der Waals surface area contributed by atoms with Gasteiger partial charge in [-0.25, -0.2) is 17.6 Å². The quantitative estimate of drug-likeness (QED) is 0.709. The SMILES string of the molecule is Cc1ccc(CN2CCN(C(=O)n3ccc(NS(C)(=O)=O)n3)CC2)c(N2CCC(F)CC2)c1. The van der Waals surface area contributed by atoms with E-state index in [0.29, 0.717) is 25.9 Å². The smallest absolute Gasteiger partial charge is 0.344 e. The van der Waals surface area contributed by atoms with E-state index < -0.39 is 16.2 Å². The number of carbonyl (C=O) groups excluding carboxylic acids is 1. The minimum absolute atomic E-state index is 0.119. The molecular weight excluding hydrogens is 447 g/mol. The third-order valence-electron chi connectivity index (χ3n) is 6.12. The van der Waals surface area contributed by atoms with Crippen LogP contribution in [0.15, 0.2) is 30.5 Å². The molecule has 9 nitrogen and oxygen atoms in total. The van der Waals surface area contributed by atoms with E-state index in [9.17, 15) is 17.6 Å². The van der Waals surface area contributed by atoms with Gasteiger partial charge in [0.1, 0.15) is 6.17 Å². The number of sulfonamides is 1. The number of amides is 1. The fourth-order valence-corrected chi connectivity index (χ4v) is 4.84. The third kappa shape index (κ3) is 6.02. The summed E-state index contributed by atoms with van der Waals surface area (Å²) in [5.74, 6) is 0.119. The van der Waals surface area contributed by atoms with Crippen LogP contribution in [0, 0.1) is 6.92 Å². The second-order valence-electron chi connectivity index (χ2n) is 8.86. The normalized spacial score (nSPS) is 18.5. The Bertz CT molecular complexity index is 1090. The van der Waals surface area contributed by atoms with E-state index in [-0.39, 0.29) is 11.8 Å². The molecular formula is C22H31FN6O3S. The zero-order valence-electron chi connectivity index (χ0n) is 19.1. The van der Waals surface area contributed by atoms with Gasteiger partial charge >= 0.3 is 6.03 Å². The van der Waals surface area contributed by atoms with Crippen molar-refractivity contribution in [2.45, 2.75) is 32.5 Å². The second kappa shape index (κ2) is 9.68. The molecule has 0 aliphatic carbocycles. The van der Waals surface area contributed by atoms with Crippen molar-refractivity contribution in [3.05, 3.63) is 41.6 Å². The van der Waals surface area contributed by atoms with Crippen LogP contribution in [0.3, 0.4) is 0 Å². The maximum atomic E-state index is 13.6. The Kier molecular flexibility index (Phi) is 6.89. The number of aryl methyl sites for hydroxylation is 1. The number of rotatable bonds is 5. The standard InChI is InChI=1S/C22H31FN6O3S/c1-17-3-4-18(20(15-17)27-8-5-19(23)6-9-27)16-26-11-13-28(14-12-26)22(30)29-10-7-21(24-29)25-33(2,31)32/h3-4,7,10,15,19H,5-6,8-9,11-14,16H2,1-2H3,(H,24,25). The maximum Gasteiger partial charge on any atom is 0.344 e. The molecule has 0 atom stereocenters. The number of piperazine rings is 1. The summed E-state index contributed by atoms with van der Waals surface area (Å²) in [6.45, 7) is 6.88. The van der Waals surface area contributed by atoms with Crippen LogP contribution in [0.25, 0.3) is 0 Å². The van der Waals surface area contributed by atoms with Crippen molar-refractivity contribution in [2.24, 2.45) is 0 Å². The van der Waals surface area contributed by atoms with Crippen molar-refractivity contribution in [2.75, 3.05) is 55.1 Å². The molecule has 1 amide bonds. The number of nitrogens with one attached hydrogen (secondary N) is 1. The lowest BCUT2D eigenvalue weighted by atomic mass is 10.0. The molecule has 3 heterocycles. The van der Waals surface area contributed by atoms with Crippen molar-refractivity contribution in [1.82, 2.24) is 19.6 Å². The molecule has 1 N–H and O–H groups in total. The molecule has 0 spiro atoms. The predicted octanol–water partition coefficient (Wildman–Crippen LogP) is 2.29. The van der Waals surface area contributed by atoms with Gasteiger partial charge in [0.15, 0.2) is 5.82 Å². The van der Waals surface area contributed by atoms with Crippen LogP contribution in [-0.2, 0) is 16.6 Å². The van der Waals surface area contributed by atoms with E-state index >= 15 is 0 Å². The minimum atomic E-state index is -3.45. The molecule has 0 saturated carbocycles. The zero-order valence-corrected chi connectivity index (χ0v) is 19.9. The first-order chi connectivity index (χ1) is 15.7. The summed E-state index contributed by atoms with van der Waals surface area (Å²) < 4.78 is 39.7. The summed E-state index contributed by atoms with van der Waals surface area (Å²) in [5, 5.41) is 4.02. The summed E-state index contributed by atoms with van der Waals surface area (Å²) in [4.78, 5) is 19.1. The average molecular weight is 479 g/mol. The first kappa shape index (κ1) is 23.5. The Morgan fingerprint density at radius 1 is 1.12 bits per heavy atom. The number of piperidine rings is 1. The predicted molar refractivity (Wildman–Crippen MR) is 126 cm³/mol. The van der Waals surface area contributed by atoms with Gasteiger partial charge in [-0.05, 0) is 37.0 Å².